The highest BCUT2D eigenvalue weighted by Gasteiger charge is 2.54. The summed E-state index contributed by atoms with van der Waals surface area (Å²) in [7, 11) is 4.53. The second-order valence-electron chi connectivity index (χ2n) is 7.49. The fourth-order valence-electron chi connectivity index (χ4n) is 4.66. The molecule has 2 N–H and O–H groups in total. The number of hydrogen-bond acceptors (Lipinski definition) is 8. The van der Waals surface area contributed by atoms with E-state index in [9.17, 15) is 15.8 Å². The van der Waals surface area contributed by atoms with E-state index >= 15 is 0 Å². The molecule has 0 fully saturated rings. The molecule has 1 aromatic carbocycles. The first kappa shape index (κ1) is 22.0. The summed E-state index contributed by atoms with van der Waals surface area (Å²) in [6, 6.07) is 9.94. The maximum atomic E-state index is 10.2. The van der Waals surface area contributed by atoms with Crippen molar-refractivity contribution < 1.29 is 14.2 Å². The van der Waals surface area contributed by atoms with Gasteiger partial charge in [0.25, 0.3) is 0 Å². The molecule has 160 valence electrons. The van der Waals surface area contributed by atoms with E-state index in [0.717, 1.165) is 12.1 Å². The fourth-order valence-corrected chi connectivity index (χ4v) is 4.66. The Kier molecular flexibility index (Phi) is 6.11. The van der Waals surface area contributed by atoms with Gasteiger partial charge in [0.05, 0.1) is 44.7 Å². The van der Waals surface area contributed by atoms with Gasteiger partial charge in [-0.3, -0.25) is 4.90 Å². The highest BCUT2D eigenvalue weighted by molar-refractivity contribution is 5.62. The van der Waals surface area contributed by atoms with Crippen molar-refractivity contribution in [2.45, 2.75) is 12.8 Å². The van der Waals surface area contributed by atoms with Crippen molar-refractivity contribution in [3.63, 3.8) is 0 Å². The van der Waals surface area contributed by atoms with Gasteiger partial charge >= 0.3 is 0 Å². The van der Waals surface area contributed by atoms with E-state index in [-0.39, 0.29) is 17.2 Å². The molecule has 2 unspecified atom stereocenters. The summed E-state index contributed by atoms with van der Waals surface area (Å²) in [6.07, 6.45) is 1.98. The monoisotopic (exact) mass is 419 g/mol. The minimum atomic E-state index is -1.71. The molecule has 1 aliphatic heterocycles. The number of nitrogens with two attached hydrogens (primary N) is 1. The summed E-state index contributed by atoms with van der Waals surface area (Å²) < 4.78 is 16.4. The Morgan fingerprint density at radius 2 is 1.71 bits per heavy atom. The quantitative estimate of drug-likeness (QED) is 0.771. The molecule has 0 spiro atoms. The first-order chi connectivity index (χ1) is 15.0. The van der Waals surface area contributed by atoms with Crippen molar-refractivity contribution >= 4 is 0 Å². The SMILES string of the molecule is CCN1CC=C2C(C#N)=C(N)C(C#N)(C#N)C(c3cc(OC)c(OC)c(OC)c3)C2C1. The number of likely N-dealkylation sites (N-methyl/N-ethyl adjacent to an activating group) is 1. The Labute approximate surface area is 182 Å². The summed E-state index contributed by atoms with van der Waals surface area (Å²) in [6.45, 7) is 4.12. The average molecular weight is 419 g/mol. The van der Waals surface area contributed by atoms with Crippen LogP contribution in [0.1, 0.15) is 18.4 Å². The number of hydrogen-bond donors (Lipinski definition) is 1. The number of nitriles is 3. The van der Waals surface area contributed by atoms with E-state index in [1.807, 2.05) is 13.0 Å². The summed E-state index contributed by atoms with van der Waals surface area (Å²) in [5.74, 6) is 0.347. The van der Waals surface area contributed by atoms with E-state index in [4.69, 9.17) is 19.9 Å². The lowest BCUT2D eigenvalue weighted by Gasteiger charge is -2.45. The van der Waals surface area contributed by atoms with Crippen molar-refractivity contribution in [1.29, 1.82) is 15.8 Å². The van der Waals surface area contributed by atoms with Crippen LogP contribution in [-0.4, -0.2) is 45.9 Å². The van der Waals surface area contributed by atoms with Gasteiger partial charge in [-0.1, -0.05) is 13.0 Å². The maximum Gasteiger partial charge on any atom is 0.203 e. The van der Waals surface area contributed by atoms with Crippen LogP contribution in [-0.2, 0) is 0 Å². The molecule has 0 bridgehead atoms. The lowest BCUT2D eigenvalue weighted by Crippen LogP contribution is -2.48. The van der Waals surface area contributed by atoms with Crippen LogP contribution in [0.25, 0.3) is 0 Å². The number of benzene rings is 1. The molecule has 0 radical (unpaired) electrons. The molecule has 0 aromatic heterocycles. The number of rotatable bonds is 5. The highest BCUT2D eigenvalue weighted by Crippen LogP contribution is 2.55. The molecule has 8 nitrogen and oxygen atoms in total. The average Bonchev–Trinajstić information content (AvgIpc) is 2.82. The summed E-state index contributed by atoms with van der Waals surface area (Å²) in [5, 5.41) is 30.2. The first-order valence-corrected chi connectivity index (χ1v) is 9.91. The number of fused-ring (bicyclic) bond motifs is 1. The molecule has 3 rings (SSSR count). The van der Waals surface area contributed by atoms with Crippen molar-refractivity contribution in [3.05, 3.63) is 40.6 Å². The molecular formula is C23H25N5O3. The van der Waals surface area contributed by atoms with Gasteiger partial charge in [-0.25, -0.2) is 0 Å². The maximum absolute atomic E-state index is 10.2. The predicted octanol–water partition coefficient (Wildman–Crippen LogP) is 2.46. The topological polar surface area (TPSA) is 128 Å². The lowest BCUT2D eigenvalue weighted by molar-refractivity contribution is 0.214. The van der Waals surface area contributed by atoms with Crippen LogP contribution in [0, 0.1) is 45.3 Å². The largest absolute Gasteiger partial charge is 0.493 e. The number of allylic oxidation sites excluding steroid dienone is 2. The van der Waals surface area contributed by atoms with Crippen molar-refractivity contribution in [2.75, 3.05) is 41.0 Å². The number of ether oxygens (including phenoxy) is 3. The van der Waals surface area contributed by atoms with E-state index < -0.39 is 11.3 Å². The van der Waals surface area contributed by atoms with E-state index in [1.165, 1.54) is 21.3 Å². The zero-order valence-corrected chi connectivity index (χ0v) is 18.1. The second-order valence-corrected chi connectivity index (χ2v) is 7.49. The second kappa shape index (κ2) is 8.60. The third kappa shape index (κ3) is 3.24. The van der Waals surface area contributed by atoms with Crippen LogP contribution in [0.5, 0.6) is 17.2 Å². The minimum absolute atomic E-state index is 0.00815. The van der Waals surface area contributed by atoms with Crippen LogP contribution >= 0.6 is 0 Å². The van der Waals surface area contributed by atoms with Gasteiger partial charge in [0.1, 0.15) is 6.07 Å². The summed E-state index contributed by atoms with van der Waals surface area (Å²) in [5.41, 5.74) is 6.31. The molecule has 1 heterocycles. The van der Waals surface area contributed by atoms with E-state index in [1.54, 1.807) is 12.1 Å². The molecule has 2 atom stereocenters. The molecule has 0 amide bonds. The van der Waals surface area contributed by atoms with Gasteiger partial charge in [0, 0.05) is 24.9 Å². The highest BCUT2D eigenvalue weighted by atomic mass is 16.5. The van der Waals surface area contributed by atoms with Crippen LogP contribution < -0.4 is 19.9 Å². The normalized spacial score (nSPS) is 22.3. The van der Waals surface area contributed by atoms with E-state index in [2.05, 4.69) is 23.1 Å². The molecule has 0 saturated heterocycles. The van der Waals surface area contributed by atoms with Crippen molar-refractivity contribution in [2.24, 2.45) is 17.1 Å². The molecule has 31 heavy (non-hydrogen) atoms. The Bertz CT molecular complexity index is 1030. The molecule has 1 aromatic rings. The summed E-state index contributed by atoms with van der Waals surface area (Å²) in [4.78, 5) is 2.20. The zero-order valence-electron chi connectivity index (χ0n) is 18.1. The minimum Gasteiger partial charge on any atom is -0.493 e. The van der Waals surface area contributed by atoms with Crippen LogP contribution in [0.3, 0.4) is 0 Å². The molecular weight excluding hydrogens is 394 g/mol. The van der Waals surface area contributed by atoms with Crippen molar-refractivity contribution in [1.82, 2.24) is 4.90 Å². The van der Waals surface area contributed by atoms with Gasteiger partial charge in [0.2, 0.25) is 5.75 Å². The number of nitrogens with zero attached hydrogens (tertiary/aromatic N) is 4. The van der Waals surface area contributed by atoms with Gasteiger partial charge in [-0.05, 0) is 29.8 Å². The van der Waals surface area contributed by atoms with Crippen LogP contribution in [0.4, 0.5) is 0 Å². The Hall–Kier alpha value is -3.67. The standard InChI is InChI=1S/C23H25N5O3/c1-5-28-7-6-15-16(10-24)22(27)23(12-25,13-26)20(17(15)11-28)14-8-18(29-2)21(31-4)19(9-14)30-3/h6,8-9,17,20H,5,7,11,27H2,1-4H3. The Morgan fingerprint density at radius 3 is 2.16 bits per heavy atom. The van der Waals surface area contributed by atoms with Gasteiger partial charge in [0.15, 0.2) is 16.9 Å². The predicted molar refractivity (Wildman–Crippen MR) is 113 cm³/mol. The molecule has 1 aliphatic carbocycles. The Balaban J connectivity index is 2.36. The third-order valence-electron chi connectivity index (χ3n) is 6.23. The summed E-state index contributed by atoms with van der Waals surface area (Å²) >= 11 is 0. The zero-order chi connectivity index (χ0) is 22.8. The van der Waals surface area contributed by atoms with Crippen LogP contribution in [0.15, 0.2) is 35.1 Å². The fraction of sp³-hybridized carbons (Fsp3) is 0.435. The van der Waals surface area contributed by atoms with Gasteiger partial charge < -0.3 is 19.9 Å². The molecule has 2 aliphatic rings. The molecule has 0 saturated carbocycles. The first-order valence-electron chi connectivity index (χ1n) is 9.91. The van der Waals surface area contributed by atoms with Gasteiger partial charge in [-0.2, -0.15) is 15.8 Å². The molecule has 8 heteroatoms. The Morgan fingerprint density at radius 1 is 1.10 bits per heavy atom. The lowest BCUT2D eigenvalue weighted by atomic mass is 9.58. The third-order valence-corrected chi connectivity index (χ3v) is 6.23. The smallest absolute Gasteiger partial charge is 0.203 e. The van der Waals surface area contributed by atoms with Crippen LogP contribution in [0.2, 0.25) is 0 Å². The van der Waals surface area contributed by atoms with E-state index in [0.29, 0.717) is 35.9 Å². The van der Waals surface area contributed by atoms with Gasteiger partial charge in [-0.15, -0.1) is 0 Å². The van der Waals surface area contributed by atoms with Crippen molar-refractivity contribution in [3.8, 4) is 35.5 Å². The number of methoxy groups -OCH3 is 3.